The lowest BCUT2D eigenvalue weighted by Crippen LogP contribution is -2.00. The average molecular weight is 278 g/mol. The molecule has 0 saturated carbocycles. The number of halogens is 1. The summed E-state index contributed by atoms with van der Waals surface area (Å²) in [6, 6.07) is 5.46. The maximum atomic E-state index is 5.94. The van der Waals surface area contributed by atoms with E-state index in [0.29, 0.717) is 21.7 Å². The summed E-state index contributed by atoms with van der Waals surface area (Å²) in [7, 11) is 0. The number of nitrogen functional groups attached to an aromatic ring is 1. The van der Waals surface area contributed by atoms with Crippen molar-refractivity contribution in [2.24, 2.45) is 0 Å². The summed E-state index contributed by atoms with van der Waals surface area (Å²) in [5.41, 5.74) is 7.21. The van der Waals surface area contributed by atoms with Gasteiger partial charge in [-0.05, 0) is 18.2 Å². The number of hydrogen-bond acceptors (Lipinski definition) is 5. The maximum absolute atomic E-state index is 5.94. The van der Waals surface area contributed by atoms with Gasteiger partial charge in [0, 0.05) is 12.4 Å². The monoisotopic (exact) mass is 277 g/mol. The van der Waals surface area contributed by atoms with Crippen molar-refractivity contribution < 1.29 is 0 Å². The van der Waals surface area contributed by atoms with E-state index in [1.165, 1.54) is 11.3 Å². The van der Waals surface area contributed by atoms with Gasteiger partial charge in [-0.2, -0.15) is 5.10 Å². The number of anilines is 1. The molecule has 0 amide bonds. The molecule has 2 N–H and O–H groups in total. The first-order valence-corrected chi connectivity index (χ1v) is 6.32. The minimum absolute atomic E-state index is 0.484. The highest BCUT2D eigenvalue weighted by Crippen LogP contribution is 2.33. The molecule has 0 aliphatic carbocycles. The first-order valence-electron chi connectivity index (χ1n) is 5.12. The summed E-state index contributed by atoms with van der Waals surface area (Å²) < 4.78 is 2.26. The summed E-state index contributed by atoms with van der Waals surface area (Å²) in [6.07, 6.45) is 5.00. The van der Waals surface area contributed by atoms with Crippen LogP contribution >= 0.6 is 22.9 Å². The predicted octanol–water partition coefficient (Wildman–Crippen LogP) is 2.63. The van der Waals surface area contributed by atoms with Gasteiger partial charge < -0.3 is 5.73 Å². The summed E-state index contributed by atoms with van der Waals surface area (Å²) in [5.74, 6) is 0.484. The van der Waals surface area contributed by atoms with E-state index in [4.69, 9.17) is 17.3 Å². The first kappa shape index (κ1) is 11.2. The van der Waals surface area contributed by atoms with Crippen LogP contribution in [-0.4, -0.2) is 19.7 Å². The van der Waals surface area contributed by atoms with Crippen molar-refractivity contribution in [2.45, 2.75) is 0 Å². The van der Waals surface area contributed by atoms with Gasteiger partial charge in [-0.15, -0.1) is 11.3 Å². The number of aromatic nitrogens is 4. The highest BCUT2D eigenvalue weighted by molar-refractivity contribution is 7.19. The fourth-order valence-electron chi connectivity index (χ4n) is 1.53. The molecule has 0 spiro atoms. The van der Waals surface area contributed by atoms with Crippen LogP contribution in [0.3, 0.4) is 0 Å². The highest BCUT2D eigenvalue weighted by Gasteiger charge is 2.12. The predicted molar refractivity (Wildman–Crippen MR) is 71.9 cm³/mol. The molecule has 0 bridgehead atoms. The molecule has 3 rings (SSSR count). The van der Waals surface area contributed by atoms with Gasteiger partial charge in [0.05, 0.1) is 21.1 Å². The first-order chi connectivity index (χ1) is 8.74. The van der Waals surface area contributed by atoms with Crippen LogP contribution in [0, 0.1) is 0 Å². The minimum atomic E-state index is 0.484. The topological polar surface area (TPSA) is 69.6 Å². The van der Waals surface area contributed by atoms with E-state index in [1.807, 2.05) is 12.1 Å². The third-order valence-electron chi connectivity index (χ3n) is 2.31. The lowest BCUT2D eigenvalue weighted by Gasteiger charge is -1.96. The smallest absolute Gasteiger partial charge is 0.250 e. The van der Waals surface area contributed by atoms with E-state index in [2.05, 4.69) is 15.1 Å². The molecule has 0 atom stereocenters. The Morgan fingerprint density at radius 3 is 2.67 bits per heavy atom. The molecule has 0 aromatic carbocycles. The van der Waals surface area contributed by atoms with E-state index in [0.717, 1.165) is 4.88 Å². The van der Waals surface area contributed by atoms with E-state index in [9.17, 15) is 0 Å². The van der Waals surface area contributed by atoms with Gasteiger partial charge >= 0.3 is 0 Å². The van der Waals surface area contributed by atoms with Gasteiger partial charge in [0.15, 0.2) is 0 Å². The Balaban J connectivity index is 2.06. The molecule has 3 heterocycles. The van der Waals surface area contributed by atoms with Crippen molar-refractivity contribution in [3.8, 4) is 16.5 Å². The maximum Gasteiger partial charge on any atom is 0.250 e. The molecule has 0 unspecified atom stereocenters. The number of nitrogens with two attached hydrogens (primary N) is 1. The molecule has 0 radical (unpaired) electrons. The molecule has 3 aromatic heterocycles. The lowest BCUT2D eigenvalue weighted by atomic mass is 10.3. The summed E-state index contributed by atoms with van der Waals surface area (Å²) >= 11 is 7.34. The molecule has 0 fully saturated rings. The summed E-state index contributed by atoms with van der Waals surface area (Å²) in [4.78, 5) is 9.15. The molecule has 0 saturated heterocycles. The van der Waals surface area contributed by atoms with Gasteiger partial charge in [-0.25, -0.2) is 14.6 Å². The van der Waals surface area contributed by atoms with Crippen molar-refractivity contribution >= 4 is 28.6 Å². The van der Waals surface area contributed by atoms with Gasteiger partial charge in [-0.3, -0.25) is 0 Å². The molecule has 0 aliphatic rings. The number of rotatable bonds is 2. The molecule has 5 nitrogen and oxygen atoms in total. The minimum Gasteiger partial charge on any atom is -0.396 e. The molecule has 90 valence electrons. The molecule has 3 aromatic rings. The van der Waals surface area contributed by atoms with Crippen LogP contribution in [-0.2, 0) is 0 Å². The quantitative estimate of drug-likeness (QED) is 0.782. The van der Waals surface area contributed by atoms with Gasteiger partial charge in [0.25, 0.3) is 5.95 Å². The van der Waals surface area contributed by atoms with Crippen molar-refractivity contribution in [1.29, 1.82) is 0 Å². The van der Waals surface area contributed by atoms with Crippen LogP contribution in [0.1, 0.15) is 0 Å². The molecule has 18 heavy (non-hydrogen) atoms. The van der Waals surface area contributed by atoms with E-state index < -0.39 is 0 Å². The van der Waals surface area contributed by atoms with Gasteiger partial charge in [-0.1, -0.05) is 11.6 Å². The second kappa shape index (κ2) is 4.40. The van der Waals surface area contributed by atoms with Crippen LogP contribution in [0.4, 0.5) is 5.69 Å². The standard InChI is InChI=1S/C11H8ClN5S/c12-9-3-2-8(18-9)10-7(13)6-17(16-10)11-14-4-1-5-15-11/h1-6H,13H2. The van der Waals surface area contributed by atoms with E-state index >= 15 is 0 Å². The van der Waals surface area contributed by atoms with Crippen molar-refractivity contribution in [3.05, 3.63) is 41.1 Å². The summed E-state index contributed by atoms with van der Waals surface area (Å²) in [6.45, 7) is 0. The van der Waals surface area contributed by atoms with Crippen LogP contribution in [0.5, 0.6) is 0 Å². The SMILES string of the molecule is Nc1cn(-c2ncccn2)nc1-c1ccc(Cl)s1. The Morgan fingerprint density at radius 1 is 1.22 bits per heavy atom. The van der Waals surface area contributed by atoms with E-state index in [1.54, 1.807) is 29.3 Å². The Kier molecular flexibility index (Phi) is 2.73. The molecular formula is C11H8ClN5S. The Labute approximate surface area is 112 Å². The summed E-state index contributed by atoms with van der Waals surface area (Å²) in [5, 5.41) is 4.38. The second-order valence-corrected chi connectivity index (χ2v) is 5.25. The third-order valence-corrected chi connectivity index (χ3v) is 3.54. The number of hydrogen-bond donors (Lipinski definition) is 1. The lowest BCUT2D eigenvalue weighted by molar-refractivity contribution is 0.811. The molecule has 7 heteroatoms. The number of thiophene rings is 1. The normalized spacial score (nSPS) is 10.7. The van der Waals surface area contributed by atoms with Crippen LogP contribution < -0.4 is 5.73 Å². The zero-order valence-electron chi connectivity index (χ0n) is 9.12. The Bertz CT molecular complexity index is 676. The second-order valence-electron chi connectivity index (χ2n) is 3.53. The Morgan fingerprint density at radius 2 is 2.00 bits per heavy atom. The average Bonchev–Trinajstić information content (AvgIpc) is 2.97. The fourth-order valence-corrected chi connectivity index (χ4v) is 2.58. The van der Waals surface area contributed by atoms with Gasteiger partial charge in [0.1, 0.15) is 5.69 Å². The van der Waals surface area contributed by atoms with Crippen molar-refractivity contribution in [1.82, 2.24) is 19.7 Å². The zero-order chi connectivity index (χ0) is 12.5. The van der Waals surface area contributed by atoms with Crippen molar-refractivity contribution in [3.63, 3.8) is 0 Å². The fraction of sp³-hybridized carbons (Fsp3) is 0. The highest BCUT2D eigenvalue weighted by atomic mass is 35.5. The zero-order valence-corrected chi connectivity index (χ0v) is 10.7. The van der Waals surface area contributed by atoms with Crippen LogP contribution in [0.15, 0.2) is 36.8 Å². The Hall–Kier alpha value is -1.92. The van der Waals surface area contributed by atoms with Crippen molar-refractivity contribution in [2.75, 3.05) is 5.73 Å². The third kappa shape index (κ3) is 1.96. The molecular weight excluding hydrogens is 270 g/mol. The van der Waals surface area contributed by atoms with Crippen LogP contribution in [0.2, 0.25) is 4.34 Å². The van der Waals surface area contributed by atoms with E-state index in [-0.39, 0.29) is 0 Å². The largest absolute Gasteiger partial charge is 0.396 e. The van der Waals surface area contributed by atoms with Gasteiger partial charge in [0.2, 0.25) is 0 Å². The molecule has 0 aliphatic heterocycles. The number of nitrogens with zero attached hydrogens (tertiary/aromatic N) is 4. The van der Waals surface area contributed by atoms with Crippen LogP contribution in [0.25, 0.3) is 16.5 Å².